The van der Waals surface area contributed by atoms with Crippen molar-refractivity contribution in [3.63, 3.8) is 0 Å². The molecule has 2 aromatic heterocycles. The number of rotatable bonds is 3. The van der Waals surface area contributed by atoms with E-state index in [0.29, 0.717) is 0 Å². The zero-order valence-corrected chi connectivity index (χ0v) is 26.7. The van der Waals surface area contributed by atoms with Gasteiger partial charge in [-0.2, -0.15) is 0 Å². The summed E-state index contributed by atoms with van der Waals surface area (Å²) in [5.74, 6) is -0.0625. The second-order valence-corrected chi connectivity index (χ2v) is 15.9. The first-order valence-corrected chi connectivity index (χ1v) is 16.5. The van der Waals surface area contributed by atoms with E-state index in [2.05, 4.69) is 98.0 Å². The van der Waals surface area contributed by atoms with Crippen LogP contribution >= 0.6 is 0 Å². The van der Waals surface area contributed by atoms with Crippen molar-refractivity contribution in [2.75, 3.05) is 0 Å². The number of hydrogen-bond donors (Lipinski definition) is 1. The van der Waals surface area contributed by atoms with Gasteiger partial charge in [-0.3, -0.25) is 4.79 Å². The molecule has 0 unspecified atom stereocenters. The molecule has 0 saturated heterocycles. The molecule has 0 spiro atoms. The van der Waals surface area contributed by atoms with Gasteiger partial charge >= 0.3 is 0 Å². The van der Waals surface area contributed by atoms with Crippen LogP contribution in [0.4, 0.5) is 0 Å². The van der Waals surface area contributed by atoms with Gasteiger partial charge in [-0.1, -0.05) is 78.7 Å². The van der Waals surface area contributed by atoms with Crippen LogP contribution in [0.2, 0.25) is 19.6 Å². The van der Waals surface area contributed by atoms with Gasteiger partial charge < -0.3 is 14.1 Å². The van der Waals surface area contributed by atoms with E-state index in [1.54, 1.807) is 0 Å². The van der Waals surface area contributed by atoms with Crippen molar-refractivity contribution < 1.29 is 39.0 Å². The van der Waals surface area contributed by atoms with Gasteiger partial charge in [-0.15, -0.1) is 18.2 Å². The van der Waals surface area contributed by atoms with Crippen LogP contribution in [0.1, 0.15) is 13.8 Å². The summed E-state index contributed by atoms with van der Waals surface area (Å²) in [5, 5.41) is 15.9. The molecule has 0 amide bonds. The number of furan rings is 1. The third kappa shape index (κ3) is 5.48. The van der Waals surface area contributed by atoms with Crippen molar-refractivity contribution in [3.8, 4) is 11.3 Å². The van der Waals surface area contributed by atoms with Gasteiger partial charge in [0.25, 0.3) is 0 Å². The van der Waals surface area contributed by atoms with E-state index >= 15 is 0 Å². The molecule has 205 valence electrons. The third-order valence-corrected chi connectivity index (χ3v) is 8.86. The number of aliphatic hydroxyl groups is 1. The molecule has 0 bridgehead atoms. The number of aromatic nitrogens is 1. The quantitative estimate of drug-likeness (QED) is 0.0506. The average molecular weight is 723 g/mol. The summed E-state index contributed by atoms with van der Waals surface area (Å²) in [6, 6.07) is 31.2. The second-order valence-electron chi connectivity index (χ2n) is 10.9. The topological polar surface area (TPSA) is 54.3 Å². The molecule has 6 rings (SSSR count). The van der Waals surface area contributed by atoms with Gasteiger partial charge in [0.05, 0.1) is 19.4 Å². The summed E-state index contributed by atoms with van der Waals surface area (Å²) in [7, 11) is 2.80. The largest absolute Gasteiger partial charge is 0.512 e. The van der Waals surface area contributed by atoms with Crippen molar-refractivity contribution in [2.24, 2.45) is 0 Å². The molecule has 2 heterocycles. The van der Waals surface area contributed by atoms with Crippen molar-refractivity contribution >= 4 is 62.7 Å². The molecule has 4 nitrogen and oxygen atoms in total. The van der Waals surface area contributed by atoms with Crippen molar-refractivity contribution in [3.05, 3.63) is 104 Å². The standard InChI is InChI=1S/C29H24NOSi.C5H8O2.Ir/c1-30-24-17-16-19-10-5-6-11-20(19)28(24)27(32(2,3)4)18-25(30)23-14-9-13-22-21-12-7-8-15-26(21)31-29(22)23;1-4(6)3-5(2)7;/h5-13,15-18H,1H2,2-4H3;3,6H,1-2H3;/q-1;;/b;4-3-;. The number of benzene rings is 4. The molecule has 0 fully saturated rings. The van der Waals surface area contributed by atoms with Crippen LogP contribution in [0.25, 0.3) is 54.9 Å². The molecular formula is C34H32IrNO3Si-. The van der Waals surface area contributed by atoms with Gasteiger partial charge in [0, 0.05) is 38.6 Å². The SMILES string of the molecule is CC(=O)/C=C(/C)O.[CH2-][n+]1c(-c2[c-]ccc3c2oc2ccccc23)cc([Si](C)(C)C)c2c3ccccc3ccc21.[Ir]. The van der Waals surface area contributed by atoms with Crippen LogP contribution in [0, 0.1) is 13.1 Å². The zero-order chi connectivity index (χ0) is 27.9. The molecule has 0 atom stereocenters. The Labute approximate surface area is 249 Å². The fourth-order valence-electron chi connectivity index (χ4n) is 5.16. The number of aliphatic hydroxyl groups excluding tert-OH is 1. The van der Waals surface area contributed by atoms with Gasteiger partial charge in [0.1, 0.15) is 16.8 Å². The minimum absolute atomic E-state index is 0. The first-order chi connectivity index (χ1) is 18.6. The van der Waals surface area contributed by atoms with Gasteiger partial charge in [0.15, 0.2) is 5.78 Å². The van der Waals surface area contributed by atoms with Crippen LogP contribution < -0.4 is 9.75 Å². The Morgan fingerprint density at radius 1 is 0.950 bits per heavy atom. The average Bonchev–Trinajstić information content (AvgIpc) is 3.27. The Morgan fingerprint density at radius 2 is 1.62 bits per heavy atom. The Balaban J connectivity index is 0.000000413. The molecule has 0 saturated carbocycles. The van der Waals surface area contributed by atoms with Crippen LogP contribution in [0.15, 0.2) is 95.1 Å². The summed E-state index contributed by atoms with van der Waals surface area (Å²) < 4.78 is 8.40. The minimum atomic E-state index is -1.69. The van der Waals surface area contributed by atoms with Crippen molar-refractivity contribution in [1.29, 1.82) is 0 Å². The van der Waals surface area contributed by atoms with Crippen LogP contribution in [0.3, 0.4) is 0 Å². The smallest absolute Gasteiger partial charge is 0.155 e. The second kappa shape index (κ2) is 11.4. The molecule has 40 heavy (non-hydrogen) atoms. The predicted molar refractivity (Wildman–Crippen MR) is 164 cm³/mol. The molecule has 0 aliphatic carbocycles. The normalized spacial score (nSPS) is 11.9. The van der Waals surface area contributed by atoms with Crippen molar-refractivity contribution in [2.45, 2.75) is 33.5 Å². The van der Waals surface area contributed by atoms with E-state index in [9.17, 15) is 4.79 Å². The molecule has 1 N–H and O–H groups in total. The maximum absolute atomic E-state index is 10.0. The van der Waals surface area contributed by atoms with E-state index in [1.165, 1.54) is 41.3 Å². The van der Waals surface area contributed by atoms with E-state index < -0.39 is 8.07 Å². The van der Waals surface area contributed by atoms with Crippen LogP contribution in [0.5, 0.6) is 0 Å². The van der Waals surface area contributed by atoms with Gasteiger partial charge in [-0.05, 0) is 53.8 Å². The van der Waals surface area contributed by atoms with Crippen LogP contribution in [-0.2, 0) is 24.9 Å². The van der Waals surface area contributed by atoms with Crippen LogP contribution in [-0.4, -0.2) is 19.0 Å². The molecule has 0 aliphatic rings. The number of carbonyl (C=O) groups is 1. The van der Waals surface area contributed by atoms with Crippen molar-refractivity contribution in [1.82, 2.24) is 0 Å². The Kier molecular flexibility index (Phi) is 8.36. The molecular weight excluding hydrogens is 691 g/mol. The summed E-state index contributed by atoms with van der Waals surface area (Å²) >= 11 is 0. The number of carbonyl (C=O) groups excluding carboxylic acids is 1. The summed E-state index contributed by atoms with van der Waals surface area (Å²) in [5.41, 5.74) is 4.90. The molecule has 1 radical (unpaired) electrons. The Hall–Kier alpha value is -3.70. The monoisotopic (exact) mass is 723 g/mol. The number of hydrogen-bond acceptors (Lipinski definition) is 3. The van der Waals surface area contributed by atoms with Gasteiger partial charge in [-0.25, -0.2) is 0 Å². The zero-order valence-electron chi connectivity index (χ0n) is 23.3. The Morgan fingerprint density at radius 3 is 2.27 bits per heavy atom. The first-order valence-electron chi connectivity index (χ1n) is 13.0. The number of nitrogens with zero attached hydrogens (tertiary/aromatic N) is 1. The van der Waals surface area contributed by atoms with E-state index in [4.69, 9.17) is 9.52 Å². The number of fused-ring (bicyclic) bond motifs is 6. The fourth-order valence-corrected chi connectivity index (χ4v) is 6.74. The number of para-hydroxylation sites is 1. The molecule has 6 heteroatoms. The predicted octanol–water partition coefficient (Wildman–Crippen LogP) is 7.87. The molecule has 0 aliphatic heterocycles. The van der Waals surface area contributed by atoms with E-state index in [1.807, 2.05) is 18.2 Å². The molecule has 6 aromatic rings. The maximum Gasteiger partial charge on any atom is 0.155 e. The maximum atomic E-state index is 10.0. The molecule has 4 aromatic carbocycles. The van der Waals surface area contributed by atoms with E-state index in [0.717, 1.165) is 38.7 Å². The summed E-state index contributed by atoms with van der Waals surface area (Å²) in [4.78, 5) is 10.0. The fraction of sp³-hybridized carbons (Fsp3) is 0.147. The Bertz CT molecular complexity index is 1910. The number of ketones is 1. The van der Waals surface area contributed by atoms with Gasteiger partial charge in [0.2, 0.25) is 0 Å². The van der Waals surface area contributed by atoms with E-state index in [-0.39, 0.29) is 31.6 Å². The third-order valence-electron chi connectivity index (χ3n) is 6.85. The number of allylic oxidation sites excluding steroid dienone is 2. The summed E-state index contributed by atoms with van der Waals surface area (Å²) in [6.07, 6.45) is 1.17. The summed E-state index contributed by atoms with van der Waals surface area (Å²) in [6.45, 7) is 10.1. The first kappa shape index (κ1) is 29.3. The number of pyridine rings is 1. The minimum Gasteiger partial charge on any atom is -0.512 e.